The molecular weight excluding hydrogens is 415 g/mol. The summed E-state index contributed by atoms with van der Waals surface area (Å²) in [6.45, 7) is 0. The lowest BCUT2D eigenvalue weighted by Gasteiger charge is -2.19. The predicted octanol–water partition coefficient (Wildman–Crippen LogP) is 4.01. The van der Waals surface area contributed by atoms with E-state index in [-0.39, 0.29) is 11.3 Å². The first-order valence-electron chi connectivity index (χ1n) is 8.72. The van der Waals surface area contributed by atoms with Gasteiger partial charge in [0.2, 0.25) is 15.9 Å². The van der Waals surface area contributed by atoms with Crippen molar-refractivity contribution in [1.29, 1.82) is 0 Å². The van der Waals surface area contributed by atoms with Gasteiger partial charge < -0.3 is 5.32 Å². The lowest BCUT2D eigenvalue weighted by atomic mass is 10.1. The van der Waals surface area contributed by atoms with E-state index in [4.69, 9.17) is 11.6 Å². The molecule has 0 aliphatic heterocycles. The van der Waals surface area contributed by atoms with Gasteiger partial charge in [-0.15, -0.1) is 0 Å². The molecule has 0 aliphatic carbocycles. The van der Waals surface area contributed by atoms with Crippen LogP contribution in [0.4, 0.5) is 10.1 Å². The third-order valence-corrected chi connectivity index (χ3v) is 5.87. The number of hydrogen-bond acceptors (Lipinski definition) is 3. The van der Waals surface area contributed by atoms with Crippen LogP contribution in [0.1, 0.15) is 5.56 Å². The summed E-state index contributed by atoms with van der Waals surface area (Å²) in [5, 5.41) is 3.20. The Morgan fingerprint density at radius 1 is 0.931 bits per heavy atom. The van der Waals surface area contributed by atoms with Crippen molar-refractivity contribution >= 4 is 33.2 Å². The molecule has 8 heteroatoms. The molecule has 1 atom stereocenters. The highest BCUT2D eigenvalue weighted by atomic mass is 35.5. The zero-order valence-electron chi connectivity index (χ0n) is 15.2. The van der Waals surface area contributed by atoms with Crippen molar-refractivity contribution in [1.82, 2.24) is 4.72 Å². The van der Waals surface area contributed by atoms with Crippen molar-refractivity contribution in [3.8, 4) is 0 Å². The number of anilines is 1. The molecule has 5 nitrogen and oxygen atoms in total. The second-order valence-electron chi connectivity index (χ2n) is 6.31. The highest BCUT2D eigenvalue weighted by Crippen LogP contribution is 2.16. The second kappa shape index (κ2) is 9.17. The van der Waals surface area contributed by atoms with Crippen LogP contribution in [0.2, 0.25) is 5.02 Å². The van der Waals surface area contributed by atoms with Crippen molar-refractivity contribution in [2.24, 2.45) is 0 Å². The first-order chi connectivity index (χ1) is 13.8. The standard InChI is InChI=1S/C21H18ClFN2O3S/c22-16-6-10-18(11-7-16)24-21(26)20(14-15-4-2-1-3-5-15)25-29(27,28)19-12-8-17(23)9-13-19/h1-13,20,25H,14H2,(H,24,26)/t20-/m0/s1. The molecule has 3 aromatic carbocycles. The van der Waals surface area contributed by atoms with E-state index in [2.05, 4.69) is 10.0 Å². The smallest absolute Gasteiger partial charge is 0.242 e. The van der Waals surface area contributed by atoms with Crippen LogP contribution in [0, 0.1) is 5.82 Å². The molecule has 0 saturated carbocycles. The third kappa shape index (κ3) is 5.87. The quantitative estimate of drug-likeness (QED) is 0.592. The Kier molecular flexibility index (Phi) is 6.64. The molecule has 0 saturated heterocycles. The lowest BCUT2D eigenvalue weighted by Crippen LogP contribution is -2.45. The minimum atomic E-state index is -4.04. The molecule has 3 aromatic rings. The van der Waals surface area contributed by atoms with Gasteiger partial charge in [0.05, 0.1) is 4.90 Å². The zero-order valence-corrected chi connectivity index (χ0v) is 16.8. The molecule has 0 bridgehead atoms. The van der Waals surface area contributed by atoms with E-state index >= 15 is 0 Å². The fourth-order valence-corrected chi connectivity index (χ4v) is 3.99. The summed E-state index contributed by atoms with van der Waals surface area (Å²) in [6.07, 6.45) is 0.140. The van der Waals surface area contributed by atoms with E-state index in [1.807, 2.05) is 6.07 Å². The molecule has 0 aromatic heterocycles. The number of carbonyl (C=O) groups is 1. The molecule has 0 fully saturated rings. The Hall–Kier alpha value is -2.74. The molecular formula is C21H18ClFN2O3S. The maximum atomic E-state index is 13.1. The predicted molar refractivity (Wildman–Crippen MR) is 111 cm³/mol. The molecule has 150 valence electrons. The number of hydrogen-bond donors (Lipinski definition) is 2. The van der Waals surface area contributed by atoms with E-state index in [0.29, 0.717) is 10.7 Å². The minimum absolute atomic E-state index is 0.128. The average molecular weight is 433 g/mol. The summed E-state index contributed by atoms with van der Waals surface area (Å²) in [7, 11) is -4.04. The number of nitrogens with one attached hydrogen (secondary N) is 2. The Bertz CT molecular complexity index is 1070. The number of carbonyl (C=O) groups excluding carboxylic acids is 1. The largest absolute Gasteiger partial charge is 0.325 e. The molecule has 0 heterocycles. The van der Waals surface area contributed by atoms with Crippen LogP contribution in [0.15, 0.2) is 83.8 Å². The lowest BCUT2D eigenvalue weighted by molar-refractivity contribution is -0.117. The van der Waals surface area contributed by atoms with Crippen LogP contribution < -0.4 is 10.0 Å². The highest BCUT2D eigenvalue weighted by molar-refractivity contribution is 7.89. The van der Waals surface area contributed by atoms with Gasteiger partial charge >= 0.3 is 0 Å². The summed E-state index contributed by atoms with van der Waals surface area (Å²) >= 11 is 5.85. The number of benzene rings is 3. The zero-order chi connectivity index (χ0) is 20.9. The van der Waals surface area contributed by atoms with Gasteiger partial charge in [-0.3, -0.25) is 4.79 Å². The van der Waals surface area contributed by atoms with Crippen LogP contribution in [0.3, 0.4) is 0 Å². The van der Waals surface area contributed by atoms with E-state index in [1.165, 1.54) is 0 Å². The third-order valence-electron chi connectivity index (χ3n) is 4.13. The first-order valence-corrected chi connectivity index (χ1v) is 10.6. The Labute approximate surface area is 173 Å². The fraction of sp³-hybridized carbons (Fsp3) is 0.0952. The summed E-state index contributed by atoms with van der Waals surface area (Å²) < 4.78 is 41.0. The van der Waals surface area contributed by atoms with Gasteiger partial charge in [-0.25, -0.2) is 12.8 Å². The van der Waals surface area contributed by atoms with Crippen LogP contribution >= 0.6 is 11.6 Å². The second-order valence-corrected chi connectivity index (χ2v) is 8.46. The number of halogens is 2. The van der Waals surface area contributed by atoms with E-state index in [0.717, 1.165) is 29.8 Å². The maximum Gasteiger partial charge on any atom is 0.242 e. The molecule has 3 rings (SSSR count). The summed E-state index contributed by atoms with van der Waals surface area (Å²) in [5.74, 6) is -1.08. The summed E-state index contributed by atoms with van der Waals surface area (Å²) in [5.41, 5.74) is 1.27. The van der Waals surface area contributed by atoms with Crippen molar-refractivity contribution in [3.63, 3.8) is 0 Å². The van der Waals surface area contributed by atoms with Gasteiger partial charge in [0.15, 0.2) is 0 Å². The number of rotatable bonds is 7. The van der Waals surface area contributed by atoms with Crippen LogP contribution in [0.5, 0.6) is 0 Å². The maximum absolute atomic E-state index is 13.1. The van der Waals surface area contributed by atoms with Gasteiger partial charge in [-0.05, 0) is 60.5 Å². The number of sulfonamides is 1. The summed E-state index contributed by atoms with van der Waals surface area (Å²) in [6, 6.07) is 18.8. The fourth-order valence-electron chi connectivity index (χ4n) is 2.67. The van der Waals surface area contributed by atoms with Gasteiger partial charge in [0, 0.05) is 10.7 Å². The van der Waals surface area contributed by atoms with Gasteiger partial charge in [0.1, 0.15) is 11.9 Å². The SMILES string of the molecule is O=C(Nc1ccc(Cl)cc1)[C@H](Cc1ccccc1)NS(=O)(=O)c1ccc(F)cc1. The van der Waals surface area contributed by atoms with Crippen molar-refractivity contribution < 1.29 is 17.6 Å². The molecule has 0 spiro atoms. The van der Waals surface area contributed by atoms with E-state index in [1.54, 1.807) is 48.5 Å². The van der Waals surface area contributed by atoms with E-state index < -0.39 is 27.8 Å². The van der Waals surface area contributed by atoms with Crippen molar-refractivity contribution in [3.05, 3.63) is 95.3 Å². The Balaban J connectivity index is 1.84. The number of amides is 1. The van der Waals surface area contributed by atoms with Crippen LogP contribution in [0.25, 0.3) is 0 Å². The molecule has 0 unspecified atom stereocenters. The van der Waals surface area contributed by atoms with Gasteiger partial charge in [-0.2, -0.15) is 4.72 Å². The van der Waals surface area contributed by atoms with Crippen molar-refractivity contribution in [2.75, 3.05) is 5.32 Å². The Morgan fingerprint density at radius 3 is 2.17 bits per heavy atom. The van der Waals surface area contributed by atoms with Gasteiger partial charge in [0.25, 0.3) is 0 Å². The molecule has 0 aliphatic rings. The van der Waals surface area contributed by atoms with Crippen LogP contribution in [-0.2, 0) is 21.2 Å². The first kappa shape index (κ1) is 21.0. The van der Waals surface area contributed by atoms with Crippen LogP contribution in [-0.4, -0.2) is 20.4 Å². The molecule has 29 heavy (non-hydrogen) atoms. The van der Waals surface area contributed by atoms with E-state index in [9.17, 15) is 17.6 Å². The summed E-state index contributed by atoms with van der Waals surface area (Å²) in [4.78, 5) is 12.7. The monoisotopic (exact) mass is 432 g/mol. The van der Waals surface area contributed by atoms with Gasteiger partial charge in [-0.1, -0.05) is 41.9 Å². The topological polar surface area (TPSA) is 75.3 Å². The molecule has 0 radical (unpaired) electrons. The van der Waals surface area contributed by atoms with Crippen molar-refractivity contribution in [2.45, 2.75) is 17.4 Å². The molecule has 2 N–H and O–H groups in total. The molecule has 1 amide bonds. The average Bonchev–Trinajstić information content (AvgIpc) is 2.70. The highest BCUT2D eigenvalue weighted by Gasteiger charge is 2.26. The Morgan fingerprint density at radius 2 is 1.55 bits per heavy atom. The minimum Gasteiger partial charge on any atom is -0.325 e. The normalized spacial score (nSPS) is 12.3.